The van der Waals surface area contributed by atoms with Crippen LogP contribution in [0.3, 0.4) is 0 Å². The number of hydrogen-bond acceptors (Lipinski definition) is 6. The molecule has 0 unspecified atom stereocenters. The Hall–Kier alpha value is -3.57. The summed E-state index contributed by atoms with van der Waals surface area (Å²) < 4.78 is 28.7. The zero-order chi connectivity index (χ0) is 25.2. The van der Waals surface area contributed by atoms with Crippen molar-refractivity contribution in [2.75, 3.05) is 25.5 Å². The highest BCUT2D eigenvalue weighted by Crippen LogP contribution is 2.26. The number of amides is 2. The van der Waals surface area contributed by atoms with E-state index in [9.17, 15) is 22.8 Å². The number of sulfonamides is 1. The Morgan fingerprint density at radius 3 is 2.40 bits per heavy atom. The van der Waals surface area contributed by atoms with E-state index in [0.29, 0.717) is 24.0 Å². The Morgan fingerprint density at radius 2 is 1.71 bits per heavy atom. The highest BCUT2D eigenvalue weighted by atomic mass is 32.2. The highest BCUT2D eigenvalue weighted by Gasteiger charge is 2.27. The van der Waals surface area contributed by atoms with Gasteiger partial charge in [0.25, 0.3) is 11.5 Å². The van der Waals surface area contributed by atoms with E-state index in [-0.39, 0.29) is 21.7 Å². The van der Waals surface area contributed by atoms with E-state index < -0.39 is 33.9 Å². The lowest BCUT2D eigenvalue weighted by molar-refractivity contribution is -0.117. The quantitative estimate of drug-likeness (QED) is 0.535. The first-order chi connectivity index (χ1) is 16.7. The van der Waals surface area contributed by atoms with Gasteiger partial charge in [-0.1, -0.05) is 30.7 Å². The van der Waals surface area contributed by atoms with Crippen molar-refractivity contribution >= 4 is 38.3 Å². The first kappa shape index (κ1) is 24.6. The lowest BCUT2D eigenvalue weighted by Crippen LogP contribution is -2.36. The number of piperidine rings is 1. The topological polar surface area (TPSA) is 130 Å². The van der Waals surface area contributed by atoms with E-state index in [1.165, 1.54) is 17.4 Å². The van der Waals surface area contributed by atoms with Crippen LogP contribution in [0.1, 0.15) is 35.3 Å². The number of aromatic nitrogens is 2. The largest absolute Gasteiger partial charge is 0.354 e. The summed E-state index contributed by atoms with van der Waals surface area (Å²) in [5.74, 6) is -1.07. The minimum absolute atomic E-state index is 0.0285. The fraction of sp³-hybridized carbons (Fsp3) is 0.333. The number of fused-ring (bicyclic) bond motifs is 1. The van der Waals surface area contributed by atoms with Crippen LogP contribution >= 0.6 is 0 Å². The zero-order valence-electron chi connectivity index (χ0n) is 19.6. The number of rotatable bonds is 6. The Balaban J connectivity index is 1.61. The van der Waals surface area contributed by atoms with E-state index in [1.807, 2.05) is 0 Å². The normalized spacial score (nSPS) is 14.6. The lowest BCUT2D eigenvalue weighted by atomic mass is 10.1. The molecule has 2 heterocycles. The van der Waals surface area contributed by atoms with E-state index in [4.69, 9.17) is 0 Å². The van der Waals surface area contributed by atoms with Crippen molar-refractivity contribution in [3.05, 3.63) is 64.1 Å². The van der Waals surface area contributed by atoms with Gasteiger partial charge in [0, 0.05) is 31.2 Å². The number of anilines is 1. The molecule has 0 atom stereocenters. The van der Waals surface area contributed by atoms with Crippen LogP contribution in [0.4, 0.5) is 5.69 Å². The number of aryl methyl sites for hydroxylation is 1. The van der Waals surface area contributed by atoms with Crippen LogP contribution in [0.25, 0.3) is 10.8 Å². The van der Waals surface area contributed by atoms with Gasteiger partial charge in [-0.3, -0.25) is 14.4 Å². The third-order valence-corrected chi connectivity index (χ3v) is 8.05. The summed E-state index contributed by atoms with van der Waals surface area (Å²) in [4.78, 5) is 38.1. The smallest absolute Gasteiger partial charge is 0.275 e. The summed E-state index contributed by atoms with van der Waals surface area (Å²) in [6, 6.07) is 11.2. The minimum Gasteiger partial charge on any atom is -0.354 e. The van der Waals surface area contributed by atoms with Crippen molar-refractivity contribution in [2.24, 2.45) is 0 Å². The van der Waals surface area contributed by atoms with Gasteiger partial charge in [0.1, 0.15) is 6.54 Å². The molecule has 1 saturated heterocycles. The lowest BCUT2D eigenvalue weighted by Gasteiger charge is -2.26. The standard InChI is InChI=1S/C24H27N5O5S/c1-16-10-11-17(14-20(16)35(33,34)28-12-6-3-7-13-28)26-21(30)15-29-24(32)19-9-5-4-8-18(19)22(27-29)23(31)25-2/h4-5,8-11,14H,3,6-7,12-13,15H2,1-2H3,(H,25,31)(H,26,30). The van der Waals surface area contributed by atoms with Gasteiger partial charge in [-0.15, -0.1) is 0 Å². The van der Waals surface area contributed by atoms with Gasteiger partial charge in [0.05, 0.1) is 10.3 Å². The summed E-state index contributed by atoms with van der Waals surface area (Å²) in [5, 5.41) is 9.90. The SMILES string of the molecule is CNC(=O)c1nn(CC(=O)Nc2ccc(C)c(S(=O)(=O)N3CCCCC3)c2)c(=O)c2ccccc12. The summed E-state index contributed by atoms with van der Waals surface area (Å²) in [5.41, 5.74) is 0.383. The molecule has 10 nitrogen and oxygen atoms in total. The van der Waals surface area contributed by atoms with Crippen LogP contribution in [-0.4, -0.2) is 54.5 Å². The molecule has 1 fully saturated rings. The van der Waals surface area contributed by atoms with Crippen molar-refractivity contribution < 1.29 is 18.0 Å². The monoisotopic (exact) mass is 497 g/mol. The van der Waals surface area contributed by atoms with Gasteiger partial charge in [-0.25, -0.2) is 13.1 Å². The Morgan fingerprint density at radius 1 is 1.03 bits per heavy atom. The van der Waals surface area contributed by atoms with E-state index in [2.05, 4.69) is 15.7 Å². The molecule has 35 heavy (non-hydrogen) atoms. The molecule has 1 aliphatic rings. The predicted octanol–water partition coefficient (Wildman–Crippen LogP) is 1.88. The number of carbonyl (C=O) groups is 2. The molecule has 11 heteroatoms. The van der Waals surface area contributed by atoms with Crippen molar-refractivity contribution in [3.63, 3.8) is 0 Å². The highest BCUT2D eigenvalue weighted by molar-refractivity contribution is 7.89. The molecule has 184 valence electrons. The molecule has 0 spiro atoms. The summed E-state index contributed by atoms with van der Waals surface area (Å²) in [6.07, 6.45) is 2.64. The molecule has 0 saturated carbocycles. The fourth-order valence-electron chi connectivity index (χ4n) is 4.17. The Labute approximate surface area is 203 Å². The molecule has 2 amide bonds. The third-order valence-electron chi connectivity index (χ3n) is 6.01. The number of nitrogens with one attached hydrogen (secondary N) is 2. The molecule has 4 rings (SSSR count). The first-order valence-electron chi connectivity index (χ1n) is 11.3. The Bertz CT molecular complexity index is 1460. The van der Waals surface area contributed by atoms with Crippen LogP contribution in [0, 0.1) is 6.92 Å². The maximum Gasteiger partial charge on any atom is 0.275 e. The first-order valence-corrected chi connectivity index (χ1v) is 12.8. The van der Waals surface area contributed by atoms with E-state index in [1.54, 1.807) is 43.3 Å². The van der Waals surface area contributed by atoms with Crippen molar-refractivity contribution in [3.8, 4) is 0 Å². The van der Waals surface area contributed by atoms with E-state index >= 15 is 0 Å². The molecular weight excluding hydrogens is 470 g/mol. The summed E-state index contributed by atoms with van der Waals surface area (Å²) in [6.45, 7) is 2.21. The number of hydrogen-bond donors (Lipinski definition) is 2. The number of nitrogens with zero attached hydrogens (tertiary/aromatic N) is 3. The molecule has 3 aromatic rings. The van der Waals surface area contributed by atoms with Crippen molar-refractivity contribution in [1.29, 1.82) is 0 Å². The fourth-order valence-corrected chi connectivity index (χ4v) is 5.93. The molecular formula is C24H27N5O5S. The summed E-state index contributed by atoms with van der Waals surface area (Å²) >= 11 is 0. The second-order valence-corrected chi connectivity index (χ2v) is 10.3. The van der Waals surface area contributed by atoms with Crippen LogP contribution in [0.5, 0.6) is 0 Å². The molecule has 1 aliphatic heterocycles. The molecule has 0 bridgehead atoms. The van der Waals surface area contributed by atoms with Crippen LogP contribution in [0.15, 0.2) is 52.2 Å². The predicted molar refractivity (Wildman–Crippen MR) is 132 cm³/mol. The molecule has 0 radical (unpaired) electrons. The van der Waals surface area contributed by atoms with Crippen LogP contribution in [0.2, 0.25) is 0 Å². The average Bonchev–Trinajstić information content (AvgIpc) is 2.87. The zero-order valence-corrected chi connectivity index (χ0v) is 20.4. The third kappa shape index (κ3) is 4.96. The Kier molecular flexibility index (Phi) is 6.99. The van der Waals surface area contributed by atoms with Gasteiger partial charge in [-0.05, 0) is 43.5 Å². The second-order valence-electron chi connectivity index (χ2n) is 8.43. The van der Waals surface area contributed by atoms with Gasteiger partial charge in [0.15, 0.2) is 5.69 Å². The number of benzene rings is 2. The van der Waals surface area contributed by atoms with Crippen molar-refractivity contribution in [2.45, 2.75) is 37.6 Å². The maximum absolute atomic E-state index is 13.2. The van der Waals surface area contributed by atoms with Gasteiger partial charge in [0.2, 0.25) is 15.9 Å². The minimum atomic E-state index is -3.69. The van der Waals surface area contributed by atoms with Crippen LogP contribution < -0.4 is 16.2 Å². The summed E-state index contributed by atoms with van der Waals surface area (Å²) in [7, 11) is -2.24. The van der Waals surface area contributed by atoms with Gasteiger partial charge in [-0.2, -0.15) is 9.40 Å². The van der Waals surface area contributed by atoms with Gasteiger partial charge >= 0.3 is 0 Å². The molecule has 1 aromatic heterocycles. The average molecular weight is 498 g/mol. The van der Waals surface area contributed by atoms with Gasteiger partial charge < -0.3 is 10.6 Å². The second kappa shape index (κ2) is 9.96. The van der Waals surface area contributed by atoms with Crippen LogP contribution in [-0.2, 0) is 21.4 Å². The van der Waals surface area contributed by atoms with E-state index in [0.717, 1.165) is 23.9 Å². The molecule has 0 aliphatic carbocycles. The maximum atomic E-state index is 13.2. The van der Waals surface area contributed by atoms with Crippen molar-refractivity contribution in [1.82, 2.24) is 19.4 Å². The molecule has 2 N–H and O–H groups in total. The molecule has 2 aromatic carbocycles. The number of carbonyl (C=O) groups excluding carboxylic acids is 2.